The number of benzene rings is 2. The molecule has 1 aromatic heterocycles. The molecule has 8 nitrogen and oxygen atoms in total. The zero-order valence-electron chi connectivity index (χ0n) is 27.1. The Morgan fingerprint density at radius 1 is 0.979 bits per heavy atom. The molecule has 0 radical (unpaired) electrons. The minimum atomic E-state index is -4.53. The molecule has 0 aliphatic carbocycles. The average molecular weight is 689 g/mol. The van der Waals surface area contributed by atoms with Gasteiger partial charge in [0.05, 0.1) is 30.5 Å². The van der Waals surface area contributed by atoms with E-state index in [1.165, 1.54) is 12.5 Å². The molecule has 3 aliphatic heterocycles. The Balaban J connectivity index is 1.27. The van der Waals surface area contributed by atoms with E-state index in [1.54, 1.807) is 15.6 Å². The van der Waals surface area contributed by atoms with Gasteiger partial charge in [0, 0.05) is 72.3 Å². The quantitative estimate of drug-likeness (QED) is 0.186. The van der Waals surface area contributed by atoms with Crippen molar-refractivity contribution >= 4 is 23.5 Å². The summed E-state index contributed by atoms with van der Waals surface area (Å²) in [5, 5.41) is 18.9. The summed E-state index contributed by atoms with van der Waals surface area (Å²) in [7, 11) is 0. The first kappa shape index (κ1) is 34.7. The smallest absolute Gasteiger partial charge is 0.390 e. The summed E-state index contributed by atoms with van der Waals surface area (Å²) in [6.07, 6.45) is -1.18. The number of rotatable bonds is 10. The largest absolute Gasteiger partial charge is 0.417 e. The fraction of sp³-hybridized carbons (Fsp3) is 0.543. The van der Waals surface area contributed by atoms with Gasteiger partial charge in [-0.1, -0.05) is 30.7 Å². The summed E-state index contributed by atoms with van der Waals surface area (Å²) in [6, 6.07) is 13.0. The second-order valence-corrected chi connectivity index (χ2v) is 14.1. The number of aliphatic hydroxyl groups excluding tert-OH is 1. The van der Waals surface area contributed by atoms with Crippen LogP contribution in [-0.4, -0.2) is 99.5 Å². The molecule has 0 saturated carbocycles. The van der Waals surface area contributed by atoms with Gasteiger partial charge in [-0.05, 0) is 63.0 Å². The highest BCUT2D eigenvalue weighted by Gasteiger charge is 2.35. The fourth-order valence-electron chi connectivity index (χ4n) is 6.90. The van der Waals surface area contributed by atoms with Crippen LogP contribution >= 0.6 is 11.8 Å². The number of carbonyl (C=O) groups excluding carboxylic acids is 1. The van der Waals surface area contributed by atoms with Gasteiger partial charge < -0.3 is 25.1 Å². The molecule has 13 heteroatoms. The van der Waals surface area contributed by atoms with Gasteiger partial charge in [0.25, 0.3) is 0 Å². The Bertz CT molecular complexity index is 1520. The molecule has 2 aromatic carbocycles. The second-order valence-electron chi connectivity index (χ2n) is 13.0. The molecule has 2 fully saturated rings. The first-order valence-electron chi connectivity index (χ1n) is 16.9. The van der Waals surface area contributed by atoms with Crippen LogP contribution in [0.4, 0.5) is 28.0 Å². The molecule has 2 amide bonds. The Kier molecular flexibility index (Phi) is 11.3. The normalized spacial score (nSPS) is 18.9. The van der Waals surface area contributed by atoms with Gasteiger partial charge in [-0.15, -0.1) is 11.8 Å². The van der Waals surface area contributed by atoms with E-state index in [4.69, 9.17) is 5.10 Å². The molecule has 4 heterocycles. The number of halogens is 4. The minimum absolute atomic E-state index is 0.114. The second kappa shape index (κ2) is 15.6. The molecule has 2 N–H and O–H groups in total. The van der Waals surface area contributed by atoms with Crippen LogP contribution in [0.2, 0.25) is 0 Å². The van der Waals surface area contributed by atoms with Crippen molar-refractivity contribution in [3.63, 3.8) is 0 Å². The monoisotopic (exact) mass is 688 g/mol. The third kappa shape index (κ3) is 8.71. The number of thioether (sulfide) groups is 1. The highest BCUT2D eigenvalue weighted by Crippen LogP contribution is 2.40. The molecule has 48 heavy (non-hydrogen) atoms. The predicted molar refractivity (Wildman–Crippen MR) is 180 cm³/mol. The van der Waals surface area contributed by atoms with E-state index < -0.39 is 24.0 Å². The number of nitrogens with zero attached hydrogens (tertiary/aromatic N) is 5. The lowest BCUT2D eigenvalue weighted by atomic mass is 10.00. The first-order chi connectivity index (χ1) is 23.1. The number of anilines is 1. The number of aliphatic hydroxyl groups is 1. The zero-order chi connectivity index (χ0) is 33.7. The number of para-hydroxylation sites is 1. The van der Waals surface area contributed by atoms with E-state index >= 15 is 0 Å². The number of hydrogen-bond acceptors (Lipinski definition) is 6. The van der Waals surface area contributed by atoms with Crippen molar-refractivity contribution in [3.05, 3.63) is 65.4 Å². The van der Waals surface area contributed by atoms with E-state index in [0.717, 1.165) is 55.0 Å². The predicted octanol–water partition coefficient (Wildman–Crippen LogP) is 6.53. The standard InChI is InChI=1S/C35H44F4N6O2S/c36-26-11-16-42(17-12-26)19-20-48-32-21-25(9-10-30(32)35(37,38)39)33-29-24-44(34(47)40-27-7-3-1-4-8-27)18-13-31(29)45(41-33)23-28(46)22-43-14-5-2-6-15-43/h1,3-4,7-10,21,26,28,46H,2,5-6,11-20,22-24H2,(H,40,47)/t28-/m0/s1. The van der Waals surface area contributed by atoms with E-state index in [1.807, 2.05) is 30.3 Å². The number of amides is 2. The maximum absolute atomic E-state index is 14.2. The van der Waals surface area contributed by atoms with Crippen molar-refractivity contribution in [1.82, 2.24) is 24.5 Å². The van der Waals surface area contributed by atoms with E-state index in [2.05, 4.69) is 15.1 Å². The number of urea groups is 1. The van der Waals surface area contributed by atoms with E-state index in [9.17, 15) is 27.5 Å². The van der Waals surface area contributed by atoms with Crippen LogP contribution in [0.1, 0.15) is 48.9 Å². The molecule has 0 spiro atoms. The number of piperidine rings is 2. The number of alkyl halides is 4. The average Bonchev–Trinajstić information content (AvgIpc) is 3.43. The number of carbonyl (C=O) groups is 1. The lowest BCUT2D eigenvalue weighted by Crippen LogP contribution is -2.40. The number of fused-ring (bicyclic) bond motifs is 1. The van der Waals surface area contributed by atoms with Gasteiger partial charge in [0.2, 0.25) is 0 Å². The van der Waals surface area contributed by atoms with Gasteiger partial charge in [-0.25, -0.2) is 9.18 Å². The highest BCUT2D eigenvalue weighted by molar-refractivity contribution is 7.99. The van der Waals surface area contributed by atoms with Crippen molar-refractivity contribution in [2.24, 2.45) is 0 Å². The molecular formula is C35H44F4N6O2S. The maximum Gasteiger partial charge on any atom is 0.417 e. The summed E-state index contributed by atoms with van der Waals surface area (Å²) in [6.45, 7) is 5.14. The molecule has 1 atom stereocenters. The molecule has 2 saturated heterocycles. The van der Waals surface area contributed by atoms with Crippen LogP contribution in [0.15, 0.2) is 53.4 Å². The minimum Gasteiger partial charge on any atom is -0.390 e. The molecule has 3 aliphatic rings. The number of hydrogen-bond donors (Lipinski definition) is 2. The Hall–Kier alpha value is -3.13. The fourth-order valence-corrected chi connectivity index (χ4v) is 8.02. The Morgan fingerprint density at radius 2 is 1.73 bits per heavy atom. The van der Waals surface area contributed by atoms with Gasteiger partial charge in [0.1, 0.15) is 6.17 Å². The van der Waals surface area contributed by atoms with Crippen LogP contribution in [-0.2, 0) is 25.7 Å². The number of aromatic nitrogens is 2. The third-order valence-corrected chi connectivity index (χ3v) is 10.5. The summed E-state index contributed by atoms with van der Waals surface area (Å²) in [5.74, 6) is 0.437. The van der Waals surface area contributed by atoms with Crippen molar-refractivity contribution in [2.75, 3.05) is 56.9 Å². The summed E-state index contributed by atoms with van der Waals surface area (Å²) < 4.78 is 57.9. The van der Waals surface area contributed by atoms with Crippen molar-refractivity contribution < 1.29 is 27.5 Å². The number of β-amino-alcohol motifs (C(OH)–C–C–N with tert-alkyl or cyclic N) is 1. The molecule has 3 aromatic rings. The number of nitrogens with one attached hydrogen (secondary N) is 1. The van der Waals surface area contributed by atoms with Gasteiger partial charge >= 0.3 is 12.2 Å². The van der Waals surface area contributed by atoms with Crippen molar-refractivity contribution in [2.45, 2.75) is 75.0 Å². The molecular weight excluding hydrogens is 644 g/mol. The molecule has 0 bridgehead atoms. The van der Waals surface area contributed by atoms with E-state index in [0.29, 0.717) is 74.7 Å². The lowest BCUT2D eigenvalue weighted by Gasteiger charge is -2.30. The molecule has 6 rings (SSSR count). The van der Waals surface area contributed by atoms with Crippen molar-refractivity contribution in [3.8, 4) is 11.3 Å². The summed E-state index contributed by atoms with van der Waals surface area (Å²) >= 11 is 1.15. The molecule has 260 valence electrons. The molecule has 0 unspecified atom stereocenters. The third-order valence-electron chi connectivity index (χ3n) is 9.49. The van der Waals surface area contributed by atoms with Crippen LogP contribution in [0.3, 0.4) is 0 Å². The van der Waals surface area contributed by atoms with Crippen LogP contribution in [0, 0.1) is 0 Å². The first-order valence-corrected chi connectivity index (χ1v) is 17.9. The highest BCUT2D eigenvalue weighted by atomic mass is 32.2. The van der Waals surface area contributed by atoms with E-state index in [-0.39, 0.29) is 24.0 Å². The maximum atomic E-state index is 14.2. The van der Waals surface area contributed by atoms with Crippen LogP contribution in [0.25, 0.3) is 11.3 Å². The zero-order valence-corrected chi connectivity index (χ0v) is 27.9. The number of likely N-dealkylation sites (tertiary alicyclic amines) is 2. The van der Waals surface area contributed by atoms with Crippen LogP contribution in [0.5, 0.6) is 0 Å². The summed E-state index contributed by atoms with van der Waals surface area (Å²) in [4.78, 5) is 19.5. The van der Waals surface area contributed by atoms with Gasteiger partial charge in [-0.2, -0.15) is 18.3 Å². The summed E-state index contributed by atoms with van der Waals surface area (Å²) in [5.41, 5.74) is 2.69. The Labute approximate surface area is 283 Å². The van der Waals surface area contributed by atoms with Gasteiger partial charge in [0.15, 0.2) is 0 Å². The topological polar surface area (TPSA) is 76.9 Å². The van der Waals surface area contributed by atoms with Gasteiger partial charge in [-0.3, -0.25) is 4.68 Å². The SMILES string of the molecule is O=C(Nc1ccccc1)N1CCc2c(c(-c3ccc(C(F)(F)F)c(SCCN4CCC(F)CC4)c3)nn2C[C@@H](O)CN2CCCCC2)C1. The van der Waals surface area contributed by atoms with Crippen molar-refractivity contribution in [1.29, 1.82) is 0 Å². The Morgan fingerprint density at radius 3 is 2.46 bits per heavy atom. The lowest BCUT2D eigenvalue weighted by molar-refractivity contribution is -0.139. The van der Waals surface area contributed by atoms with Crippen LogP contribution < -0.4 is 5.32 Å².